The summed E-state index contributed by atoms with van der Waals surface area (Å²) in [6.07, 6.45) is 5.96. The molecule has 1 saturated carbocycles. The highest BCUT2D eigenvalue weighted by molar-refractivity contribution is 6.30. The Morgan fingerprint density at radius 1 is 1.28 bits per heavy atom. The predicted molar refractivity (Wildman–Crippen MR) is 73.4 cm³/mol. The Bertz CT molecular complexity index is 561. The normalized spacial score (nSPS) is 15.0. The van der Waals surface area contributed by atoms with E-state index in [1.165, 1.54) is 12.8 Å². The van der Waals surface area contributed by atoms with E-state index in [1.54, 1.807) is 17.1 Å². The van der Waals surface area contributed by atoms with E-state index in [-0.39, 0.29) is 0 Å². The van der Waals surface area contributed by atoms with Crippen LogP contribution in [0.15, 0.2) is 30.6 Å². The number of rotatable bonds is 4. The van der Waals surface area contributed by atoms with Gasteiger partial charge in [0.2, 0.25) is 0 Å². The largest absolute Gasteiger partial charge is 0.310 e. The van der Waals surface area contributed by atoms with Gasteiger partial charge < -0.3 is 5.32 Å². The first-order chi connectivity index (χ1) is 8.72. The van der Waals surface area contributed by atoms with E-state index in [0.717, 1.165) is 22.8 Å². The Morgan fingerprint density at radius 3 is 2.78 bits per heavy atom. The van der Waals surface area contributed by atoms with Gasteiger partial charge in [0, 0.05) is 23.8 Å². The lowest BCUT2D eigenvalue weighted by atomic mass is 10.1. The van der Waals surface area contributed by atoms with Crippen molar-refractivity contribution in [2.24, 2.45) is 0 Å². The molecule has 0 amide bonds. The Morgan fingerprint density at radius 2 is 2.11 bits per heavy atom. The Kier molecular flexibility index (Phi) is 3.29. The van der Waals surface area contributed by atoms with Crippen LogP contribution in [0.2, 0.25) is 10.0 Å². The third-order valence-electron chi connectivity index (χ3n) is 3.00. The summed E-state index contributed by atoms with van der Waals surface area (Å²) in [5.41, 5.74) is 2.15. The van der Waals surface area contributed by atoms with Gasteiger partial charge in [0.1, 0.15) is 0 Å². The molecule has 0 radical (unpaired) electrons. The van der Waals surface area contributed by atoms with Crippen molar-refractivity contribution in [3.63, 3.8) is 0 Å². The molecule has 0 spiro atoms. The molecule has 94 valence electrons. The molecule has 0 aliphatic heterocycles. The molecule has 2 aromatic rings. The van der Waals surface area contributed by atoms with E-state index in [2.05, 4.69) is 10.4 Å². The van der Waals surface area contributed by atoms with E-state index in [4.69, 9.17) is 23.2 Å². The summed E-state index contributed by atoms with van der Waals surface area (Å²) in [6, 6.07) is 6.47. The summed E-state index contributed by atoms with van der Waals surface area (Å²) >= 11 is 12.0. The maximum Gasteiger partial charge on any atom is 0.0790 e. The molecule has 1 aromatic heterocycles. The number of halogens is 2. The lowest BCUT2D eigenvalue weighted by Crippen LogP contribution is -2.17. The van der Waals surface area contributed by atoms with E-state index >= 15 is 0 Å². The average molecular weight is 282 g/mol. The summed E-state index contributed by atoms with van der Waals surface area (Å²) in [5.74, 6) is 0. The molecule has 1 aromatic carbocycles. The molecule has 1 fully saturated rings. The number of aromatic nitrogens is 2. The fourth-order valence-electron chi connectivity index (χ4n) is 1.89. The molecule has 5 heteroatoms. The second-order valence-corrected chi connectivity index (χ2v) is 5.40. The van der Waals surface area contributed by atoms with E-state index < -0.39 is 0 Å². The van der Waals surface area contributed by atoms with Crippen molar-refractivity contribution in [3.8, 4) is 5.69 Å². The summed E-state index contributed by atoms with van der Waals surface area (Å²) in [6.45, 7) is 0.804. The highest BCUT2D eigenvalue weighted by Gasteiger charge is 2.20. The molecule has 1 aliphatic rings. The van der Waals surface area contributed by atoms with Crippen molar-refractivity contribution in [2.75, 3.05) is 0 Å². The van der Waals surface area contributed by atoms with Gasteiger partial charge in [0.15, 0.2) is 0 Å². The Hall–Kier alpha value is -1.03. The van der Waals surface area contributed by atoms with Gasteiger partial charge in [-0.15, -0.1) is 0 Å². The summed E-state index contributed by atoms with van der Waals surface area (Å²) < 4.78 is 1.78. The van der Waals surface area contributed by atoms with Crippen LogP contribution in [0.3, 0.4) is 0 Å². The van der Waals surface area contributed by atoms with Crippen molar-refractivity contribution in [3.05, 3.63) is 46.2 Å². The van der Waals surface area contributed by atoms with Crippen LogP contribution in [-0.4, -0.2) is 15.8 Å². The Balaban J connectivity index is 1.91. The van der Waals surface area contributed by atoms with Crippen LogP contribution in [0.5, 0.6) is 0 Å². The van der Waals surface area contributed by atoms with Crippen molar-refractivity contribution in [2.45, 2.75) is 25.4 Å². The standard InChI is InChI=1S/C13H13Cl2N3/c14-10-1-4-13(18-8-11(15)7-17-18)9(5-10)6-16-12-2-3-12/h1,4-5,7-8,12,16H,2-3,6H2. The van der Waals surface area contributed by atoms with Gasteiger partial charge in [-0.25, -0.2) is 4.68 Å². The van der Waals surface area contributed by atoms with Gasteiger partial charge >= 0.3 is 0 Å². The lowest BCUT2D eigenvalue weighted by molar-refractivity contribution is 0.681. The molecular weight excluding hydrogens is 269 g/mol. The topological polar surface area (TPSA) is 29.9 Å². The number of nitrogens with zero attached hydrogens (tertiary/aromatic N) is 2. The molecule has 0 saturated heterocycles. The molecule has 1 N–H and O–H groups in total. The summed E-state index contributed by atoms with van der Waals surface area (Å²) in [5, 5.41) is 9.09. The second kappa shape index (κ2) is 4.92. The Labute approximate surface area is 116 Å². The zero-order valence-electron chi connectivity index (χ0n) is 9.74. The summed E-state index contributed by atoms with van der Waals surface area (Å²) in [7, 11) is 0. The predicted octanol–water partition coefficient (Wildman–Crippen LogP) is 3.43. The quantitative estimate of drug-likeness (QED) is 0.931. The van der Waals surface area contributed by atoms with Crippen molar-refractivity contribution >= 4 is 23.2 Å². The van der Waals surface area contributed by atoms with Crippen LogP contribution in [0, 0.1) is 0 Å². The maximum absolute atomic E-state index is 6.06. The third-order valence-corrected chi connectivity index (χ3v) is 3.43. The van der Waals surface area contributed by atoms with Crippen LogP contribution in [0.1, 0.15) is 18.4 Å². The smallest absolute Gasteiger partial charge is 0.0790 e. The highest BCUT2D eigenvalue weighted by atomic mass is 35.5. The summed E-state index contributed by atoms with van der Waals surface area (Å²) in [4.78, 5) is 0. The number of benzene rings is 1. The number of hydrogen-bond donors (Lipinski definition) is 1. The van der Waals surface area contributed by atoms with Gasteiger partial charge in [-0.05, 0) is 36.6 Å². The minimum absolute atomic E-state index is 0.631. The molecular formula is C13H13Cl2N3. The molecule has 0 bridgehead atoms. The molecule has 3 nitrogen and oxygen atoms in total. The molecule has 0 unspecified atom stereocenters. The molecule has 1 heterocycles. The van der Waals surface area contributed by atoms with Crippen molar-refractivity contribution in [1.29, 1.82) is 0 Å². The number of nitrogens with one attached hydrogen (secondary N) is 1. The average Bonchev–Trinajstić information content (AvgIpc) is 3.08. The van der Waals surface area contributed by atoms with Crippen LogP contribution in [0.25, 0.3) is 5.69 Å². The fourth-order valence-corrected chi connectivity index (χ4v) is 2.22. The van der Waals surface area contributed by atoms with Crippen molar-refractivity contribution in [1.82, 2.24) is 15.1 Å². The zero-order chi connectivity index (χ0) is 12.5. The second-order valence-electron chi connectivity index (χ2n) is 4.53. The highest BCUT2D eigenvalue weighted by Crippen LogP contribution is 2.23. The zero-order valence-corrected chi connectivity index (χ0v) is 11.2. The van der Waals surface area contributed by atoms with Crippen LogP contribution in [0.4, 0.5) is 0 Å². The number of hydrogen-bond acceptors (Lipinski definition) is 2. The first-order valence-corrected chi connectivity index (χ1v) is 6.70. The molecule has 1 aliphatic carbocycles. The van der Waals surface area contributed by atoms with Crippen LogP contribution >= 0.6 is 23.2 Å². The monoisotopic (exact) mass is 281 g/mol. The molecule has 0 atom stereocenters. The van der Waals surface area contributed by atoms with Crippen molar-refractivity contribution < 1.29 is 0 Å². The molecule has 3 rings (SSSR count). The van der Waals surface area contributed by atoms with E-state index in [9.17, 15) is 0 Å². The van der Waals surface area contributed by atoms with E-state index in [0.29, 0.717) is 11.1 Å². The van der Waals surface area contributed by atoms with Gasteiger partial charge in [-0.1, -0.05) is 23.2 Å². The van der Waals surface area contributed by atoms with Crippen LogP contribution in [-0.2, 0) is 6.54 Å². The first-order valence-electron chi connectivity index (χ1n) is 5.95. The fraction of sp³-hybridized carbons (Fsp3) is 0.308. The maximum atomic E-state index is 6.06. The van der Waals surface area contributed by atoms with E-state index in [1.807, 2.05) is 18.2 Å². The SMILES string of the molecule is Clc1ccc(-n2cc(Cl)cn2)c(CNC2CC2)c1. The van der Waals surface area contributed by atoms with Gasteiger partial charge in [0.25, 0.3) is 0 Å². The first kappa shape index (κ1) is 12.0. The van der Waals surface area contributed by atoms with Gasteiger partial charge in [-0.2, -0.15) is 5.10 Å². The van der Waals surface area contributed by atoms with Gasteiger partial charge in [-0.3, -0.25) is 0 Å². The lowest BCUT2D eigenvalue weighted by Gasteiger charge is -2.11. The minimum atomic E-state index is 0.631. The molecule has 18 heavy (non-hydrogen) atoms. The van der Waals surface area contributed by atoms with Crippen LogP contribution < -0.4 is 5.32 Å². The minimum Gasteiger partial charge on any atom is -0.310 e. The van der Waals surface area contributed by atoms with Gasteiger partial charge in [0.05, 0.1) is 16.9 Å². The third kappa shape index (κ3) is 2.69.